The molecule has 4 rings (SSSR count). The average Bonchev–Trinajstić information content (AvgIpc) is 3.05. The molecule has 1 aliphatic rings. The minimum atomic E-state index is 0.147. The largest absolute Gasteiger partial charge is 0.497 e. The first-order valence-corrected chi connectivity index (χ1v) is 8.74. The Morgan fingerprint density at radius 2 is 2.00 bits per heavy atom. The predicted octanol–water partition coefficient (Wildman–Crippen LogP) is 2.72. The highest BCUT2D eigenvalue weighted by Crippen LogP contribution is 2.27. The van der Waals surface area contributed by atoms with Crippen molar-refractivity contribution in [2.24, 2.45) is 0 Å². The molecule has 0 radical (unpaired) electrons. The van der Waals surface area contributed by atoms with E-state index in [4.69, 9.17) is 20.3 Å². The lowest BCUT2D eigenvalue weighted by atomic mass is 10.1. The van der Waals surface area contributed by atoms with E-state index < -0.39 is 0 Å². The van der Waals surface area contributed by atoms with Gasteiger partial charge in [0.2, 0.25) is 0 Å². The van der Waals surface area contributed by atoms with Crippen LogP contribution in [0.25, 0.3) is 5.69 Å². The van der Waals surface area contributed by atoms with Crippen LogP contribution in [0, 0.1) is 11.8 Å². The lowest BCUT2D eigenvalue weighted by Gasteiger charge is -2.20. The van der Waals surface area contributed by atoms with Crippen molar-refractivity contribution in [3.8, 4) is 23.3 Å². The van der Waals surface area contributed by atoms with Crippen molar-refractivity contribution in [1.82, 2.24) is 14.8 Å². The maximum Gasteiger partial charge on any atom is 0.141 e. The molecule has 3 heterocycles. The van der Waals surface area contributed by atoms with E-state index in [2.05, 4.69) is 23.7 Å². The standard InChI is InChI=1S/C21H20N4O2/c1-14-11-20-18(13-27-14)19(9-3-15-4-10-21(22)23-12-15)24-25(20)16-5-7-17(26-2)8-6-16/h4-8,10,12,14H,11,13H2,1-2H3,(H2,22,23)/t14-/m0/s1. The Balaban J connectivity index is 1.75. The molecule has 0 bridgehead atoms. The minimum absolute atomic E-state index is 0.147. The maximum absolute atomic E-state index is 5.83. The van der Waals surface area contributed by atoms with Gasteiger partial charge in [-0.1, -0.05) is 5.92 Å². The van der Waals surface area contributed by atoms with Crippen molar-refractivity contribution in [3.63, 3.8) is 0 Å². The number of benzene rings is 1. The van der Waals surface area contributed by atoms with Crippen LogP contribution in [0.3, 0.4) is 0 Å². The van der Waals surface area contributed by atoms with Crippen LogP contribution < -0.4 is 10.5 Å². The van der Waals surface area contributed by atoms with Crippen molar-refractivity contribution in [1.29, 1.82) is 0 Å². The number of anilines is 1. The monoisotopic (exact) mass is 360 g/mol. The van der Waals surface area contributed by atoms with Gasteiger partial charge in [-0.25, -0.2) is 9.67 Å². The van der Waals surface area contributed by atoms with Gasteiger partial charge in [-0.3, -0.25) is 0 Å². The molecule has 2 aromatic heterocycles. The third-order valence-corrected chi connectivity index (χ3v) is 4.51. The van der Waals surface area contributed by atoms with E-state index in [9.17, 15) is 0 Å². The first-order chi connectivity index (χ1) is 13.1. The van der Waals surface area contributed by atoms with Gasteiger partial charge in [-0.05, 0) is 49.2 Å². The van der Waals surface area contributed by atoms with E-state index in [-0.39, 0.29) is 6.10 Å². The smallest absolute Gasteiger partial charge is 0.141 e. The summed E-state index contributed by atoms with van der Waals surface area (Å²) in [7, 11) is 1.66. The fraction of sp³-hybridized carbons (Fsp3) is 0.238. The first-order valence-electron chi connectivity index (χ1n) is 8.74. The number of aromatic nitrogens is 3. The minimum Gasteiger partial charge on any atom is -0.497 e. The fourth-order valence-corrected chi connectivity index (χ4v) is 3.05. The molecular formula is C21H20N4O2. The Morgan fingerprint density at radius 3 is 2.70 bits per heavy atom. The number of hydrogen-bond acceptors (Lipinski definition) is 5. The van der Waals surface area contributed by atoms with Gasteiger partial charge in [-0.2, -0.15) is 5.10 Å². The second-order valence-electron chi connectivity index (χ2n) is 6.43. The van der Waals surface area contributed by atoms with E-state index in [0.29, 0.717) is 12.4 Å². The first kappa shape index (κ1) is 17.1. The van der Waals surface area contributed by atoms with E-state index in [1.807, 2.05) is 35.0 Å². The number of nitrogens with zero attached hydrogens (tertiary/aromatic N) is 3. The second-order valence-corrected chi connectivity index (χ2v) is 6.43. The SMILES string of the molecule is COc1ccc(-n2nc(C#Cc3ccc(N)nc3)c3c2C[C@H](C)OC3)cc1. The summed E-state index contributed by atoms with van der Waals surface area (Å²) in [6.07, 6.45) is 2.60. The van der Waals surface area contributed by atoms with Crippen molar-refractivity contribution in [3.05, 3.63) is 65.1 Å². The highest BCUT2D eigenvalue weighted by Gasteiger charge is 2.24. The van der Waals surface area contributed by atoms with Crippen LogP contribution in [0.1, 0.15) is 29.4 Å². The summed E-state index contributed by atoms with van der Waals surface area (Å²) < 4.78 is 13.0. The number of nitrogen functional groups attached to an aromatic ring is 1. The lowest BCUT2D eigenvalue weighted by molar-refractivity contribution is 0.0397. The van der Waals surface area contributed by atoms with E-state index in [1.54, 1.807) is 19.4 Å². The van der Waals surface area contributed by atoms with E-state index in [0.717, 1.165) is 40.4 Å². The Labute approximate surface area is 157 Å². The molecule has 3 aromatic rings. The Morgan fingerprint density at radius 1 is 1.19 bits per heavy atom. The predicted molar refractivity (Wildman–Crippen MR) is 103 cm³/mol. The Bertz CT molecular complexity index is 1010. The molecule has 0 unspecified atom stereocenters. The topological polar surface area (TPSA) is 75.2 Å². The molecule has 0 saturated heterocycles. The third kappa shape index (κ3) is 3.50. The normalized spacial score (nSPS) is 15.6. The summed E-state index contributed by atoms with van der Waals surface area (Å²) in [5.74, 6) is 7.57. The number of pyridine rings is 1. The number of hydrogen-bond donors (Lipinski definition) is 1. The number of fused-ring (bicyclic) bond motifs is 1. The molecule has 1 aromatic carbocycles. The molecule has 0 spiro atoms. The summed E-state index contributed by atoms with van der Waals surface area (Å²) in [5, 5.41) is 4.76. The van der Waals surface area contributed by atoms with Crippen molar-refractivity contribution in [2.45, 2.75) is 26.1 Å². The number of methoxy groups -OCH3 is 1. The quantitative estimate of drug-likeness (QED) is 0.711. The van der Waals surface area contributed by atoms with Gasteiger partial charge in [0.1, 0.15) is 17.3 Å². The van der Waals surface area contributed by atoms with Gasteiger partial charge in [0.25, 0.3) is 0 Å². The zero-order valence-electron chi connectivity index (χ0n) is 15.3. The molecular weight excluding hydrogens is 340 g/mol. The summed E-state index contributed by atoms with van der Waals surface area (Å²) in [4.78, 5) is 4.07. The van der Waals surface area contributed by atoms with Crippen LogP contribution in [-0.2, 0) is 17.8 Å². The highest BCUT2D eigenvalue weighted by molar-refractivity contribution is 5.48. The molecule has 2 N–H and O–H groups in total. The van der Waals surface area contributed by atoms with Gasteiger partial charge >= 0.3 is 0 Å². The summed E-state index contributed by atoms with van der Waals surface area (Å²) in [6.45, 7) is 2.58. The molecule has 0 aliphatic carbocycles. The van der Waals surface area contributed by atoms with Crippen molar-refractivity contribution >= 4 is 5.82 Å². The van der Waals surface area contributed by atoms with Gasteiger partial charge < -0.3 is 15.2 Å². The lowest BCUT2D eigenvalue weighted by Crippen LogP contribution is -2.21. The van der Waals surface area contributed by atoms with Gasteiger partial charge in [0, 0.05) is 23.7 Å². The molecule has 1 atom stereocenters. The average molecular weight is 360 g/mol. The Hall–Kier alpha value is -3.30. The van der Waals surface area contributed by atoms with Crippen LogP contribution in [0.5, 0.6) is 5.75 Å². The molecule has 27 heavy (non-hydrogen) atoms. The van der Waals surface area contributed by atoms with Crippen LogP contribution in [0.2, 0.25) is 0 Å². The summed E-state index contributed by atoms with van der Waals surface area (Å²) in [5.41, 5.74) is 10.3. The molecule has 6 nitrogen and oxygen atoms in total. The molecule has 1 aliphatic heterocycles. The summed E-state index contributed by atoms with van der Waals surface area (Å²) in [6, 6.07) is 11.4. The highest BCUT2D eigenvalue weighted by atomic mass is 16.5. The van der Waals surface area contributed by atoms with Gasteiger partial charge in [-0.15, -0.1) is 0 Å². The van der Waals surface area contributed by atoms with Gasteiger partial charge in [0.05, 0.1) is 31.2 Å². The number of rotatable bonds is 2. The van der Waals surface area contributed by atoms with Crippen molar-refractivity contribution in [2.75, 3.05) is 12.8 Å². The zero-order valence-corrected chi connectivity index (χ0v) is 15.3. The van der Waals surface area contributed by atoms with Crippen molar-refractivity contribution < 1.29 is 9.47 Å². The van der Waals surface area contributed by atoms with Crippen LogP contribution >= 0.6 is 0 Å². The molecule has 0 fully saturated rings. The maximum atomic E-state index is 5.83. The van der Waals surface area contributed by atoms with E-state index in [1.165, 1.54) is 0 Å². The zero-order chi connectivity index (χ0) is 18.8. The van der Waals surface area contributed by atoms with E-state index >= 15 is 0 Å². The molecule has 6 heteroatoms. The molecule has 0 amide bonds. The van der Waals surface area contributed by atoms with Crippen LogP contribution in [-0.4, -0.2) is 28.0 Å². The van der Waals surface area contributed by atoms with Crippen LogP contribution in [0.4, 0.5) is 5.82 Å². The van der Waals surface area contributed by atoms with Gasteiger partial charge in [0.15, 0.2) is 0 Å². The Kier molecular flexibility index (Phi) is 4.53. The fourth-order valence-electron chi connectivity index (χ4n) is 3.05. The number of ether oxygens (including phenoxy) is 2. The van der Waals surface area contributed by atoms with Crippen LogP contribution in [0.15, 0.2) is 42.6 Å². The summed E-state index contributed by atoms with van der Waals surface area (Å²) >= 11 is 0. The molecule has 0 saturated carbocycles. The molecule has 136 valence electrons. The number of nitrogens with two attached hydrogens (primary N) is 1. The second kappa shape index (κ2) is 7.14. The third-order valence-electron chi connectivity index (χ3n) is 4.51.